The molecule has 5 heteroatoms. The van der Waals surface area contributed by atoms with Gasteiger partial charge in [-0.05, 0) is 19.8 Å². The van der Waals surface area contributed by atoms with E-state index in [1.807, 2.05) is 35.7 Å². The van der Waals surface area contributed by atoms with Gasteiger partial charge in [-0.25, -0.2) is 4.98 Å². The van der Waals surface area contributed by atoms with Crippen molar-refractivity contribution in [2.45, 2.75) is 57.9 Å². The second-order valence-corrected chi connectivity index (χ2v) is 8.15. The highest BCUT2D eigenvalue weighted by Crippen LogP contribution is 2.27. The molecule has 0 unspecified atom stereocenters. The normalized spacial score (nSPS) is 16.3. The largest absolute Gasteiger partial charge is 0.349 e. The fourth-order valence-electron chi connectivity index (χ4n) is 3.76. The number of aromatic nitrogens is 2. The fraction of sp³-hybridized carbons (Fsp3) is 0.429. The number of carbonyl (C=O) groups excluding carboxylic acids is 1. The van der Waals surface area contributed by atoms with E-state index in [0.717, 1.165) is 39.6 Å². The summed E-state index contributed by atoms with van der Waals surface area (Å²) in [6.45, 7) is 2.01. The molecule has 4 rings (SSSR count). The smallest absolute Gasteiger partial charge is 0.263 e. The van der Waals surface area contributed by atoms with E-state index >= 15 is 0 Å². The molecule has 1 aliphatic rings. The SMILES string of the molecule is Cc1c(C(=O)NC2CCCCCCC2)sc2nc(-c3ccccc3)cn12. The van der Waals surface area contributed by atoms with Gasteiger partial charge >= 0.3 is 0 Å². The lowest BCUT2D eigenvalue weighted by Gasteiger charge is -2.20. The Balaban J connectivity index is 1.54. The Morgan fingerprint density at radius 1 is 1.12 bits per heavy atom. The molecule has 1 aliphatic carbocycles. The molecule has 0 aliphatic heterocycles. The first kappa shape index (κ1) is 17.3. The van der Waals surface area contributed by atoms with Crippen LogP contribution in [-0.2, 0) is 0 Å². The fourth-order valence-corrected chi connectivity index (χ4v) is 4.77. The highest BCUT2D eigenvalue weighted by molar-refractivity contribution is 7.19. The van der Waals surface area contributed by atoms with Gasteiger partial charge in [0.1, 0.15) is 4.88 Å². The molecule has 1 N–H and O–H groups in total. The molecule has 4 nitrogen and oxygen atoms in total. The predicted molar refractivity (Wildman–Crippen MR) is 107 cm³/mol. The van der Waals surface area contributed by atoms with Gasteiger partial charge in [-0.2, -0.15) is 0 Å². The zero-order valence-corrected chi connectivity index (χ0v) is 16.0. The third-order valence-electron chi connectivity index (χ3n) is 5.27. The molecule has 1 fully saturated rings. The minimum atomic E-state index is 0.0600. The number of hydrogen-bond donors (Lipinski definition) is 1. The Hall–Kier alpha value is -2.14. The zero-order chi connectivity index (χ0) is 17.9. The summed E-state index contributed by atoms with van der Waals surface area (Å²) < 4.78 is 2.04. The molecule has 0 atom stereocenters. The van der Waals surface area contributed by atoms with Crippen LogP contribution >= 0.6 is 11.3 Å². The lowest BCUT2D eigenvalue weighted by Crippen LogP contribution is -2.35. The molecule has 1 aromatic carbocycles. The highest BCUT2D eigenvalue weighted by atomic mass is 32.1. The van der Waals surface area contributed by atoms with E-state index < -0.39 is 0 Å². The summed E-state index contributed by atoms with van der Waals surface area (Å²) in [5.74, 6) is 0.0600. The zero-order valence-electron chi connectivity index (χ0n) is 15.2. The highest BCUT2D eigenvalue weighted by Gasteiger charge is 2.21. The lowest BCUT2D eigenvalue weighted by atomic mass is 9.97. The molecule has 0 bridgehead atoms. The maximum atomic E-state index is 12.8. The molecule has 1 amide bonds. The second kappa shape index (κ2) is 7.62. The maximum Gasteiger partial charge on any atom is 0.263 e. The van der Waals surface area contributed by atoms with Crippen molar-refractivity contribution < 1.29 is 4.79 Å². The average molecular weight is 368 g/mol. The standard InChI is InChI=1S/C21H25N3OS/c1-15-19(20(25)22-17-12-8-3-2-4-9-13-17)26-21-23-18(14-24(15)21)16-10-6-5-7-11-16/h5-7,10-11,14,17H,2-4,8-9,12-13H2,1H3,(H,22,25). The lowest BCUT2D eigenvalue weighted by molar-refractivity contribution is 0.0933. The molecule has 0 radical (unpaired) electrons. The number of nitrogens with one attached hydrogen (secondary N) is 1. The molecule has 0 saturated heterocycles. The Bertz CT molecular complexity index is 889. The number of rotatable bonds is 3. The summed E-state index contributed by atoms with van der Waals surface area (Å²) >= 11 is 1.49. The monoisotopic (exact) mass is 367 g/mol. The summed E-state index contributed by atoms with van der Waals surface area (Å²) in [7, 11) is 0. The Morgan fingerprint density at radius 2 is 1.81 bits per heavy atom. The first-order valence-corrected chi connectivity index (χ1v) is 10.4. The molecule has 2 aromatic heterocycles. The van der Waals surface area contributed by atoms with Gasteiger partial charge in [0.05, 0.1) is 5.69 Å². The van der Waals surface area contributed by atoms with Gasteiger partial charge in [-0.3, -0.25) is 9.20 Å². The summed E-state index contributed by atoms with van der Waals surface area (Å²) in [4.78, 5) is 19.2. The summed E-state index contributed by atoms with van der Waals surface area (Å²) in [5.41, 5.74) is 3.03. The van der Waals surface area contributed by atoms with E-state index in [1.54, 1.807) is 0 Å². The van der Waals surface area contributed by atoms with Gasteiger partial charge < -0.3 is 5.32 Å². The first-order valence-electron chi connectivity index (χ1n) is 9.57. The number of fused-ring (bicyclic) bond motifs is 1. The van der Waals surface area contributed by atoms with E-state index in [4.69, 9.17) is 4.98 Å². The van der Waals surface area contributed by atoms with Crippen molar-refractivity contribution in [1.29, 1.82) is 0 Å². The number of aryl methyl sites for hydroxylation is 1. The molecule has 3 aromatic rings. The molecule has 0 spiro atoms. The van der Waals surface area contributed by atoms with Crippen LogP contribution in [0.5, 0.6) is 0 Å². The van der Waals surface area contributed by atoms with Gasteiger partial charge in [0.2, 0.25) is 0 Å². The van der Waals surface area contributed by atoms with Crippen molar-refractivity contribution in [1.82, 2.24) is 14.7 Å². The van der Waals surface area contributed by atoms with Crippen LogP contribution in [0.3, 0.4) is 0 Å². The van der Waals surface area contributed by atoms with Crippen LogP contribution in [0.25, 0.3) is 16.2 Å². The number of hydrogen-bond acceptors (Lipinski definition) is 3. The van der Waals surface area contributed by atoms with Crippen LogP contribution in [0.1, 0.15) is 60.3 Å². The molecule has 2 heterocycles. The van der Waals surface area contributed by atoms with Crippen LogP contribution in [-0.4, -0.2) is 21.3 Å². The number of thiazole rings is 1. The van der Waals surface area contributed by atoms with E-state index in [0.29, 0.717) is 6.04 Å². The van der Waals surface area contributed by atoms with Gasteiger partial charge in [0.15, 0.2) is 4.96 Å². The second-order valence-electron chi connectivity index (χ2n) is 7.18. The maximum absolute atomic E-state index is 12.8. The summed E-state index contributed by atoms with van der Waals surface area (Å²) in [6.07, 6.45) is 10.6. The number of imidazole rings is 1. The number of benzene rings is 1. The van der Waals surface area contributed by atoms with Crippen molar-refractivity contribution >= 4 is 22.2 Å². The molecule has 26 heavy (non-hydrogen) atoms. The van der Waals surface area contributed by atoms with Crippen LogP contribution in [0, 0.1) is 6.92 Å². The molecule has 136 valence electrons. The average Bonchev–Trinajstić information content (AvgIpc) is 3.18. The minimum Gasteiger partial charge on any atom is -0.349 e. The van der Waals surface area contributed by atoms with Gasteiger partial charge in [0, 0.05) is 23.5 Å². The summed E-state index contributed by atoms with van der Waals surface area (Å²) in [6, 6.07) is 10.5. The predicted octanol–water partition coefficient (Wildman–Crippen LogP) is 5.21. The molecule has 1 saturated carbocycles. The van der Waals surface area contributed by atoms with Gasteiger partial charge in [-0.15, -0.1) is 0 Å². The quantitative estimate of drug-likeness (QED) is 0.690. The summed E-state index contributed by atoms with van der Waals surface area (Å²) in [5, 5.41) is 3.27. The van der Waals surface area contributed by atoms with E-state index in [-0.39, 0.29) is 5.91 Å². The van der Waals surface area contributed by atoms with Crippen LogP contribution in [0.2, 0.25) is 0 Å². The topological polar surface area (TPSA) is 46.4 Å². The third kappa shape index (κ3) is 3.54. The van der Waals surface area contributed by atoms with E-state index in [2.05, 4.69) is 17.4 Å². The third-order valence-corrected chi connectivity index (χ3v) is 6.43. The number of nitrogens with zero attached hydrogens (tertiary/aromatic N) is 2. The first-order chi connectivity index (χ1) is 12.7. The van der Waals surface area contributed by atoms with Crippen molar-refractivity contribution in [2.75, 3.05) is 0 Å². The van der Waals surface area contributed by atoms with E-state index in [9.17, 15) is 4.79 Å². The molecular formula is C21H25N3OS. The van der Waals surface area contributed by atoms with Gasteiger partial charge in [0.25, 0.3) is 5.91 Å². The minimum absolute atomic E-state index is 0.0600. The Kier molecular flexibility index (Phi) is 5.07. The van der Waals surface area contributed by atoms with Crippen LogP contribution in [0.4, 0.5) is 0 Å². The van der Waals surface area contributed by atoms with Gasteiger partial charge in [-0.1, -0.05) is 73.8 Å². The van der Waals surface area contributed by atoms with Crippen molar-refractivity contribution in [3.05, 3.63) is 47.1 Å². The number of amides is 1. The van der Waals surface area contributed by atoms with Crippen molar-refractivity contribution in [3.8, 4) is 11.3 Å². The Morgan fingerprint density at radius 3 is 2.50 bits per heavy atom. The van der Waals surface area contributed by atoms with E-state index in [1.165, 1.54) is 43.4 Å². The van der Waals surface area contributed by atoms with Crippen molar-refractivity contribution in [3.63, 3.8) is 0 Å². The Labute approximate surface area is 158 Å². The number of carbonyl (C=O) groups is 1. The van der Waals surface area contributed by atoms with Crippen molar-refractivity contribution in [2.24, 2.45) is 0 Å². The molecular weight excluding hydrogens is 342 g/mol. The van der Waals surface area contributed by atoms with Crippen LogP contribution < -0.4 is 5.32 Å². The van der Waals surface area contributed by atoms with Crippen LogP contribution in [0.15, 0.2) is 36.5 Å².